The van der Waals surface area contributed by atoms with E-state index >= 15 is 0 Å². The van der Waals surface area contributed by atoms with E-state index in [1.54, 1.807) is 54.6 Å². The molecular weight excluding hydrogens is 404 g/mol. The van der Waals surface area contributed by atoms with Gasteiger partial charge in [-0.1, -0.05) is 35.9 Å². The molecule has 2 N–H and O–H groups in total. The van der Waals surface area contributed by atoms with Gasteiger partial charge >= 0.3 is 0 Å². The first kappa shape index (κ1) is 19.1. The van der Waals surface area contributed by atoms with Gasteiger partial charge in [0.2, 0.25) is 0 Å². The predicted octanol–water partition coefficient (Wildman–Crippen LogP) is 4.71. The third-order valence-electron chi connectivity index (χ3n) is 4.41. The number of nitrogens with one attached hydrogen (secondary N) is 2. The highest BCUT2D eigenvalue weighted by Crippen LogP contribution is 2.24. The van der Waals surface area contributed by atoms with Gasteiger partial charge < -0.3 is 0 Å². The van der Waals surface area contributed by atoms with Gasteiger partial charge in [0.15, 0.2) is 10.6 Å². The van der Waals surface area contributed by atoms with E-state index in [0.29, 0.717) is 16.3 Å². The Balaban J connectivity index is 1.64. The van der Waals surface area contributed by atoms with Crippen LogP contribution in [0.25, 0.3) is 17.1 Å². The van der Waals surface area contributed by atoms with Gasteiger partial charge in [-0.3, -0.25) is 14.4 Å². The number of benzene rings is 3. The molecule has 8 heteroatoms. The van der Waals surface area contributed by atoms with Crippen molar-refractivity contribution in [2.45, 2.75) is 11.8 Å². The van der Waals surface area contributed by atoms with Gasteiger partial charge in [0, 0.05) is 16.9 Å². The molecule has 0 saturated heterocycles. The second-order valence-electron chi connectivity index (χ2n) is 6.52. The highest BCUT2D eigenvalue weighted by molar-refractivity contribution is 7.92. The summed E-state index contributed by atoms with van der Waals surface area (Å²) in [5.74, 6) is 0.649. The molecule has 1 aromatic heterocycles. The van der Waals surface area contributed by atoms with Crippen molar-refractivity contribution in [1.82, 2.24) is 14.8 Å². The van der Waals surface area contributed by atoms with Gasteiger partial charge in [-0.15, -0.1) is 0 Å². The van der Waals surface area contributed by atoms with Crippen LogP contribution in [0, 0.1) is 11.7 Å². The van der Waals surface area contributed by atoms with E-state index in [0.717, 1.165) is 16.8 Å². The van der Waals surface area contributed by atoms with Gasteiger partial charge in [0.05, 0.1) is 4.90 Å². The number of rotatable bonds is 5. The Kier molecular flexibility index (Phi) is 5.04. The molecule has 29 heavy (non-hydrogen) atoms. The zero-order chi connectivity index (χ0) is 20.4. The Labute approximate surface area is 173 Å². The average Bonchev–Trinajstić information content (AvgIpc) is 3.11. The van der Waals surface area contributed by atoms with E-state index < -0.39 is 10.0 Å². The predicted molar refractivity (Wildman–Crippen MR) is 116 cm³/mol. The van der Waals surface area contributed by atoms with E-state index in [9.17, 15) is 8.42 Å². The van der Waals surface area contributed by atoms with Crippen LogP contribution in [0.15, 0.2) is 83.8 Å². The zero-order valence-corrected chi connectivity index (χ0v) is 17.2. The number of hydrogen-bond acceptors (Lipinski definition) is 4. The molecule has 4 aromatic rings. The molecule has 1 heterocycles. The first-order valence-corrected chi connectivity index (χ1v) is 10.8. The second-order valence-corrected chi connectivity index (χ2v) is 8.59. The molecule has 6 nitrogen and oxygen atoms in total. The number of aryl methyl sites for hydroxylation is 1. The van der Waals surface area contributed by atoms with E-state index in [-0.39, 0.29) is 4.90 Å². The van der Waals surface area contributed by atoms with Crippen molar-refractivity contribution in [3.63, 3.8) is 0 Å². The first-order valence-electron chi connectivity index (χ1n) is 8.87. The lowest BCUT2D eigenvalue weighted by Gasteiger charge is -2.10. The van der Waals surface area contributed by atoms with Crippen LogP contribution in [0.1, 0.15) is 5.56 Å². The summed E-state index contributed by atoms with van der Waals surface area (Å²) in [4.78, 5) is 0.212. The molecule has 0 aliphatic rings. The summed E-state index contributed by atoms with van der Waals surface area (Å²) in [6.45, 7) is 2.02. The van der Waals surface area contributed by atoms with Crippen molar-refractivity contribution < 1.29 is 8.42 Å². The normalized spacial score (nSPS) is 11.3. The monoisotopic (exact) mass is 422 g/mol. The summed E-state index contributed by atoms with van der Waals surface area (Å²) in [7, 11) is -3.64. The molecule has 0 unspecified atom stereocenters. The Bertz CT molecular complexity index is 1290. The molecule has 3 aromatic carbocycles. The van der Waals surface area contributed by atoms with Crippen LogP contribution < -0.4 is 4.72 Å². The van der Waals surface area contributed by atoms with Crippen LogP contribution >= 0.6 is 12.2 Å². The largest absolute Gasteiger partial charge is 0.280 e. The van der Waals surface area contributed by atoms with Crippen LogP contribution in [0.4, 0.5) is 5.69 Å². The molecule has 0 saturated carbocycles. The van der Waals surface area contributed by atoms with Crippen LogP contribution in [-0.4, -0.2) is 23.2 Å². The number of sulfonamides is 1. The summed E-state index contributed by atoms with van der Waals surface area (Å²) >= 11 is 5.39. The van der Waals surface area contributed by atoms with Crippen LogP contribution in [-0.2, 0) is 10.0 Å². The van der Waals surface area contributed by atoms with Crippen molar-refractivity contribution in [2.75, 3.05) is 4.72 Å². The van der Waals surface area contributed by atoms with Gasteiger partial charge in [-0.25, -0.2) is 8.42 Å². The Morgan fingerprint density at radius 3 is 2.24 bits per heavy atom. The second kappa shape index (κ2) is 7.65. The lowest BCUT2D eigenvalue weighted by Crippen LogP contribution is -2.12. The molecule has 0 amide bonds. The fourth-order valence-corrected chi connectivity index (χ4v) is 4.24. The molecule has 4 rings (SSSR count). The third-order valence-corrected chi connectivity index (χ3v) is 6.08. The number of aromatic nitrogens is 3. The summed E-state index contributed by atoms with van der Waals surface area (Å²) < 4.78 is 29.9. The average molecular weight is 423 g/mol. The summed E-state index contributed by atoms with van der Waals surface area (Å²) in [5, 5.41) is 7.17. The first-order chi connectivity index (χ1) is 13.9. The van der Waals surface area contributed by atoms with Gasteiger partial charge in [-0.05, 0) is 67.7 Å². The molecular formula is C21H18N4O2S2. The lowest BCUT2D eigenvalue weighted by molar-refractivity contribution is 0.601. The summed E-state index contributed by atoms with van der Waals surface area (Å²) in [6.07, 6.45) is 0. The molecule has 0 spiro atoms. The summed E-state index contributed by atoms with van der Waals surface area (Å²) in [5.41, 5.74) is 3.33. The van der Waals surface area contributed by atoms with Gasteiger partial charge in [-0.2, -0.15) is 5.10 Å². The fourth-order valence-electron chi connectivity index (χ4n) is 2.93. The smallest absolute Gasteiger partial charge is 0.261 e. The van der Waals surface area contributed by atoms with E-state index in [1.807, 2.05) is 35.8 Å². The number of anilines is 1. The molecule has 146 valence electrons. The highest BCUT2D eigenvalue weighted by Gasteiger charge is 2.15. The minimum absolute atomic E-state index is 0.212. The van der Waals surface area contributed by atoms with Crippen molar-refractivity contribution in [3.8, 4) is 17.1 Å². The third kappa shape index (κ3) is 3.98. The number of nitrogens with zero attached hydrogens (tertiary/aromatic N) is 2. The molecule has 0 atom stereocenters. The molecule has 0 aliphatic carbocycles. The van der Waals surface area contributed by atoms with Gasteiger partial charge in [0.25, 0.3) is 10.0 Å². The Morgan fingerprint density at radius 1 is 0.931 bits per heavy atom. The maximum absolute atomic E-state index is 12.5. The van der Waals surface area contributed by atoms with Crippen LogP contribution in [0.2, 0.25) is 0 Å². The molecule has 0 fully saturated rings. The van der Waals surface area contributed by atoms with Crippen LogP contribution in [0.3, 0.4) is 0 Å². The van der Waals surface area contributed by atoms with E-state index in [4.69, 9.17) is 12.2 Å². The number of aromatic amines is 1. The molecule has 0 radical (unpaired) electrons. The zero-order valence-electron chi connectivity index (χ0n) is 15.5. The minimum Gasteiger partial charge on any atom is -0.280 e. The number of H-pyrrole nitrogens is 1. The fraction of sp³-hybridized carbons (Fsp3) is 0.0476. The molecule has 0 bridgehead atoms. The Morgan fingerprint density at radius 2 is 1.59 bits per heavy atom. The standard InChI is InChI=1S/C21H18N4O2S2/c1-15-7-13-18(14-8-15)25-20(22-23-21(25)28)16-9-11-17(12-10-16)24-29(26,27)19-5-3-2-4-6-19/h2-14,24H,1H3,(H,23,28). The van der Waals surface area contributed by atoms with Crippen molar-refractivity contribution in [1.29, 1.82) is 0 Å². The number of hydrogen-bond donors (Lipinski definition) is 2. The quantitative estimate of drug-likeness (QED) is 0.457. The maximum atomic E-state index is 12.5. The highest BCUT2D eigenvalue weighted by atomic mass is 32.2. The minimum atomic E-state index is -3.64. The van der Waals surface area contributed by atoms with Crippen molar-refractivity contribution in [3.05, 3.63) is 89.2 Å². The summed E-state index contributed by atoms with van der Waals surface area (Å²) in [6, 6.07) is 23.2. The molecule has 0 aliphatic heterocycles. The Hall–Kier alpha value is -3.23. The topological polar surface area (TPSA) is 79.8 Å². The van der Waals surface area contributed by atoms with E-state index in [1.165, 1.54) is 0 Å². The van der Waals surface area contributed by atoms with Crippen molar-refractivity contribution in [2.24, 2.45) is 0 Å². The van der Waals surface area contributed by atoms with Crippen LogP contribution in [0.5, 0.6) is 0 Å². The lowest BCUT2D eigenvalue weighted by atomic mass is 10.2. The van der Waals surface area contributed by atoms with Gasteiger partial charge in [0.1, 0.15) is 0 Å². The maximum Gasteiger partial charge on any atom is 0.261 e. The van der Waals surface area contributed by atoms with E-state index in [2.05, 4.69) is 14.9 Å². The van der Waals surface area contributed by atoms with Crippen molar-refractivity contribution >= 4 is 27.9 Å². The SMILES string of the molecule is Cc1ccc(-n2c(-c3ccc(NS(=O)(=O)c4ccccc4)cc3)n[nH]c2=S)cc1.